The first-order chi connectivity index (χ1) is 16.2. The molecule has 1 fully saturated rings. The molecule has 172 valence electrons. The molecular weight excluding hydrogens is 416 g/mol. The van der Waals surface area contributed by atoms with E-state index in [1.165, 1.54) is 0 Å². The monoisotopic (exact) mass is 446 g/mol. The largest absolute Gasteiger partial charge is 0.496 e. The molecule has 4 rings (SSSR count). The van der Waals surface area contributed by atoms with Crippen LogP contribution in [0.25, 0.3) is 0 Å². The summed E-state index contributed by atoms with van der Waals surface area (Å²) in [5.41, 5.74) is 2.31. The summed E-state index contributed by atoms with van der Waals surface area (Å²) in [7, 11) is 3.36. The van der Waals surface area contributed by atoms with Gasteiger partial charge in [0, 0.05) is 25.5 Å². The van der Waals surface area contributed by atoms with Crippen LogP contribution >= 0.6 is 0 Å². The number of carbonyl (C=O) groups is 1. The van der Waals surface area contributed by atoms with Crippen molar-refractivity contribution in [1.82, 2.24) is 20.2 Å². The van der Waals surface area contributed by atoms with Crippen LogP contribution in [0.3, 0.4) is 0 Å². The SMILES string of the molecule is COc1cccc(OC)c1CN1CCC[C@H]([C@H](NC(=O)c2ccccn2)c2ccccn2)C1. The molecule has 1 N–H and O–H groups in total. The van der Waals surface area contributed by atoms with Crippen molar-refractivity contribution >= 4 is 5.91 Å². The normalized spacial score (nSPS) is 17.2. The first-order valence-corrected chi connectivity index (χ1v) is 11.2. The summed E-state index contributed by atoms with van der Waals surface area (Å²) < 4.78 is 11.2. The van der Waals surface area contributed by atoms with E-state index in [1.807, 2.05) is 42.5 Å². The fourth-order valence-corrected chi connectivity index (χ4v) is 4.52. The lowest BCUT2D eigenvalue weighted by atomic mass is 9.88. The standard InChI is InChI=1S/C26H30N4O3/c1-32-23-12-7-13-24(33-2)20(23)18-30-16-8-9-19(17-30)25(21-10-3-5-14-27-21)29-26(31)22-11-4-6-15-28-22/h3-7,10-15,19,25H,8-9,16-18H2,1-2H3,(H,29,31)/t19-,25-/m0/s1. The molecule has 1 aliphatic rings. The van der Waals surface area contributed by atoms with E-state index >= 15 is 0 Å². The quantitative estimate of drug-likeness (QED) is 0.566. The Labute approximate surface area is 194 Å². The highest BCUT2D eigenvalue weighted by Gasteiger charge is 2.31. The number of rotatable bonds is 8. The van der Waals surface area contributed by atoms with Crippen LogP contribution in [0, 0.1) is 5.92 Å². The van der Waals surface area contributed by atoms with Crippen molar-refractivity contribution in [2.45, 2.75) is 25.4 Å². The fraction of sp³-hybridized carbons (Fsp3) is 0.346. The van der Waals surface area contributed by atoms with Crippen molar-refractivity contribution < 1.29 is 14.3 Å². The molecule has 0 saturated carbocycles. The first kappa shape index (κ1) is 22.7. The minimum absolute atomic E-state index is 0.185. The summed E-state index contributed by atoms with van der Waals surface area (Å²) in [6.45, 7) is 2.51. The minimum Gasteiger partial charge on any atom is -0.496 e. The van der Waals surface area contributed by atoms with Crippen LogP contribution in [0.4, 0.5) is 0 Å². The molecule has 7 nitrogen and oxygen atoms in total. The predicted octanol–water partition coefficient (Wildman–Crippen LogP) is 3.88. The highest BCUT2D eigenvalue weighted by molar-refractivity contribution is 5.92. The number of aromatic nitrogens is 2. The van der Waals surface area contributed by atoms with E-state index in [4.69, 9.17) is 9.47 Å². The lowest BCUT2D eigenvalue weighted by Crippen LogP contribution is -2.43. The Morgan fingerprint density at radius 1 is 1.03 bits per heavy atom. The van der Waals surface area contributed by atoms with Gasteiger partial charge in [-0.15, -0.1) is 0 Å². The predicted molar refractivity (Wildman–Crippen MR) is 126 cm³/mol. The van der Waals surface area contributed by atoms with Crippen LogP contribution in [0.1, 0.15) is 40.6 Å². The number of carbonyl (C=O) groups excluding carboxylic acids is 1. The van der Waals surface area contributed by atoms with Gasteiger partial charge in [0.2, 0.25) is 0 Å². The van der Waals surface area contributed by atoms with E-state index in [2.05, 4.69) is 20.2 Å². The second-order valence-corrected chi connectivity index (χ2v) is 8.20. The summed E-state index contributed by atoms with van der Waals surface area (Å²) in [5, 5.41) is 3.21. The molecule has 2 atom stereocenters. The topological polar surface area (TPSA) is 76.6 Å². The molecule has 1 amide bonds. The number of hydrogen-bond acceptors (Lipinski definition) is 6. The van der Waals surface area contributed by atoms with E-state index in [9.17, 15) is 4.79 Å². The summed E-state index contributed by atoms with van der Waals surface area (Å²) in [5.74, 6) is 1.67. The number of nitrogens with one attached hydrogen (secondary N) is 1. The van der Waals surface area contributed by atoms with Crippen LogP contribution in [0.2, 0.25) is 0 Å². The zero-order valence-electron chi connectivity index (χ0n) is 19.1. The number of ether oxygens (including phenoxy) is 2. The number of hydrogen-bond donors (Lipinski definition) is 1. The second kappa shape index (κ2) is 10.9. The molecule has 7 heteroatoms. The number of pyridine rings is 2. The Kier molecular flexibility index (Phi) is 7.52. The van der Waals surface area contributed by atoms with Crippen molar-refractivity contribution in [2.75, 3.05) is 27.3 Å². The van der Waals surface area contributed by atoms with Gasteiger partial charge in [-0.3, -0.25) is 19.7 Å². The molecule has 0 aliphatic carbocycles. The smallest absolute Gasteiger partial charge is 0.270 e. The number of methoxy groups -OCH3 is 2. The Morgan fingerprint density at radius 2 is 1.76 bits per heavy atom. The summed E-state index contributed by atoms with van der Waals surface area (Å²) >= 11 is 0. The third kappa shape index (κ3) is 5.49. The molecule has 1 saturated heterocycles. The molecule has 3 aromatic rings. The van der Waals surface area contributed by atoms with Gasteiger partial charge in [-0.2, -0.15) is 0 Å². The van der Waals surface area contributed by atoms with E-state index in [0.29, 0.717) is 12.2 Å². The average molecular weight is 447 g/mol. The van der Waals surface area contributed by atoms with E-state index < -0.39 is 0 Å². The van der Waals surface area contributed by atoms with Gasteiger partial charge >= 0.3 is 0 Å². The van der Waals surface area contributed by atoms with Crippen molar-refractivity contribution in [3.63, 3.8) is 0 Å². The number of benzene rings is 1. The lowest BCUT2D eigenvalue weighted by molar-refractivity contribution is 0.0869. The van der Waals surface area contributed by atoms with Gasteiger partial charge in [-0.25, -0.2) is 0 Å². The number of amides is 1. The first-order valence-electron chi connectivity index (χ1n) is 11.2. The molecule has 1 aliphatic heterocycles. The van der Waals surface area contributed by atoms with Gasteiger partial charge in [0.05, 0.1) is 31.5 Å². The van der Waals surface area contributed by atoms with Crippen molar-refractivity contribution in [1.29, 1.82) is 0 Å². The Hall–Kier alpha value is -3.45. The van der Waals surface area contributed by atoms with E-state index in [0.717, 1.165) is 48.7 Å². The number of likely N-dealkylation sites (tertiary alicyclic amines) is 1. The van der Waals surface area contributed by atoms with Gasteiger partial charge in [-0.05, 0) is 61.7 Å². The minimum atomic E-state index is -0.205. The number of nitrogens with zero attached hydrogens (tertiary/aromatic N) is 3. The van der Waals surface area contributed by atoms with Crippen molar-refractivity contribution in [3.8, 4) is 11.5 Å². The second-order valence-electron chi connectivity index (χ2n) is 8.20. The molecule has 0 spiro atoms. The van der Waals surface area contributed by atoms with Gasteiger partial charge in [-0.1, -0.05) is 18.2 Å². The zero-order chi connectivity index (χ0) is 23.0. The highest BCUT2D eigenvalue weighted by atomic mass is 16.5. The van der Waals surface area contributed by atoms with E-state index in [-0.39, 0.29) is 17.9 Å². The molecule has 1 aromatic carbocycles. The summed E-state index contributed by atoms with van der Waals surface area (Å²) in [4.78, 5) is 24.1. The van der Waals surface area contributed by atoms with Crippen LogP contribution in [0.5, 0.6) is 11.5 Å². The maximum absolute atomic E-state index is 13.0. The molecule has 33 heavy (non-hydrogen) atoms. The molecule has 3 heterocycles. The molecule has 2 aromatic heterocycles. The van der Waals surface area contributed by atoms with Gasteiger partial charge in [0.25, 0.3) is 5.91 Å². The third-order valence-corrected chi connectivity index (χ3v) is 6.12. The number of piperidine rings is 1. The lowest BCUT2D eigenvalue weighted by Gasteiger charge is -2.37. The summed E-state index contributed by atoms with van der Waals surface area (Å²) in [6, 6.07) is 16.8. The van der Waals surface area contributed by atoms with Gasteiger partial charge in [0.1, 0.15) is 17.2 Å². The molecular formula is C26H30N4O3. The maximum Gasteiger partial charge on any atom is 0.270 e. The van der Waals surface area contributed by atoms with Crippen LogP contribution < -0.4 is 14.8 Å². The van der Waals surface area contributed by atoms with Gasteiger partial charge < -0.3 is 14.8 Å². The Morgan fingerprint density at radius 3 is 2.39 bits per heavy atom. The molecule has 0 unspecified atom stereocenters. The fourth-order valence-electron chi connectivity index (χ4n) is 4.52. The molecule has 0 bridgehead atoms. The van der Waals surface area contributed by atoms with Crippen molar-refractivity contribution in [3.05, 3.63) is 83.9 Å². The van der Waals surface area contributed by atoms with E-state index in [1.54, 1.807) is 38.7 Å². The summed E-state index contributed by atoms with van der Waals surface area (Å²) in [6.07, 6.45) is 5.44. The average Bonchev–Trinajstić information content (AvgIpc) is 2.88. The maximum atomic E-state index is 13.0. The zero-order valence-corrected chi connectivity index (χ0v) is 19.1. The third-order valence-electron chi connectivity index (χ3n) is 6.12. The van der Waals surface area contributed by atoms with Crippen LogP contribution in [-0.2, 0) is 6.54 Å². The van der Waals surface area contributed by atoms with Crippen LogP contribution in [0.15, 0.2) is 67.0 Å². The Balaban J connectivity index is 1.55. The Bertz CT molecular complexity index is 1020. The van der Waals surface area contributed by atoms with Crippen LogP contribution in [-0.4, -0.2) is 48.1 Å². The van der Waals surface area contributed by atoms with Crippen molar-refractivity contribution in [2.24, 2.45) is 5.92 Å². The molecule has 0 radical (unpaired) electrons. The van der Waals surface area contributed by atoms with Gasteiger partial charge in [0.15, 0.2) is 0 Å². The highest BCUT2D eigenvalue weighted by Crippen LogP contribution is 2.34.